The standard InChI is InChI=1S/C12H13NO3/c1-8-9(6-7-16-8)12(15)13-10-4-2-3-5-11(10)14/h2-5,14H,6-7H2,1H3,(H,13,15). The van der Waals surface area contributed by atoms with E-state index in [1.54, 1.807) is 25.1 Å². The van der Waals surface area contributed by atoms with E-state index < -0.39 is 0 Å². The average molecular weight is 219 g/mol. The van der Waals surface area contributed by atoms with E-state index in [2.05, 4.69) is 5.32 Å². The second-order valence-electron chi connectivity index (χ2n) is 3.60. The molecule has 2 rings (SSSR count). The first kappa shape index (κ1) is 10.5. The third-order valence-electron chi connectivity index (χ3n) is 2.52. The van der Waals surface area contributed by atoms with E-state index in [1.807, 2.05) is 0 Å². The van der Waals surface area contributed by atoms with E-state index in [-0.39, 0.29) is 11.7 Å². The number of amides is 1. The number of allylic oxidation sites excluding steroid dienone is 1. The molecule has 0 bridgehead atoms. The molecule has 4 nitrogen and oxygen atoms in total. The highest BCUT2D eigenvalue weighted by Gasteiger charge is 2.20. The fraction of sp³-hybridized carbons (Fsp3) is 0.250. The van der Waals surface area contributed by atoms with Gasteiger partial charge in [0.25, 0.3) is 5.91 Å². The third kappa shape index (κ3) is 2.00. The molecule has 1 aromatic rings. The molecule has 1 aromatic carbocycles. The van der Waals surface area contributed by atoms with Crippen LogP contribution in [0, 0.1) is 0 Å². The van der Waals surface area contributed by atoms with Crippen molar-refractivity contribution in [3.8, 4) is 5.75 Å². The van der Waals surface area contributed by atoms with E-state index in [0.717, 1.165) is 0 Å². The van der Waals surface area contributed by atoms with Crippen LogP contribution in [0.25, 0.3) is 0 Å². The molecule has 0 aliphatic carbocycles. The molecule has 0 unspecified atom stereocenters. The summed E-state index contributed by atoms with van der Waals surface area (Å²) >= 11 is 0. The SMILES string of the molecule is CC1=C(C(=O)Nc2ccccc2O)CCO1. The molecule has 0 spiro atoms. The molecule has 1 heterocycles. The molecule has 0 aromatic heterocycles. The Labute approximate surface area is 93.5 Å². The Morgan fingerprint density at radius 3 is 2.81 bits per heavy atom. The Hall–Kier alpha value is -1.97. The lowest BCUT2D eigenvalue weighted by Crippen LogP contribution is -2.14. The maximum Gasteiger partial charge on any atom is 0.255 e. The van der Waals surface area contributed by atoms with Gasteiger partial charge in [0.05, 0.1) is 17.9 Å². The molecule has 84 valence electrons. The molecule has 0 atom stereocenters. The van der Waals surface area contributed by atoms with Crippen LogP contribution in [0.3, 0.4) is 0 Å². The Morgan fingerprint density at radius 2 is 2.19 bits per heavy atom. The van der Waals surface area contributed by atoms with E-state index in [0.29, 0.717) is 30.0 Å². The number of rotatable bonds is 2. The number of carbonyl (C=O) groups is 1. The fourth-order valence-electron chi connectivity index (χ4n) is 1.62. The number of aromatic hydroxyl groups is 1. The van der Waals surface area contributed by atoms with E-state index >= 15 is 0 Å². The molecule has 2 N–H and O–H groups in total. The van der Waals surface area contributed by atoms with Gasteiger partial charge in [-0.25, -0.2) is 0 Å². The monoisotopic (exact) mass is 219 g/mol. The highest BCUT2D eigenvalue weighted by atomic mass is 16.5. The highest BCUT2D eigenvalue weighted by molar-refractivity contribution is 6.04. The van der Waals surface area contributed by atoms with Gasteiger partial charge in [0, 0.05) is 6.42 Å². The van der Waals surface area contributed by atoms with Crippen molar-refractivity contribution in [2.75, 3.05) is 11.9 Å². The van der Waals surface area contributed by atoms with Gasteiger partial charge < -0.3 is 15.2 Å². The summed E-state index contributed by atoms with van der Waals surface area (Å²) in [7, 11) is 0. The lowest BCUT2D eigenvalue weighted by Gasteiger charge is -2.07. The molecule has 1 aliphatic rings. The van der Waals surface area contributed by atoms with Gasteiger partial charge in [0.2, 0.25) is 0 Å². The summed E-state index contributed by atoms with van der Waals surface area (Å²) in [6.45, 7) is 2.32. The van der Waals surface area contributed by atoms with Crippen LogP contribution < -0.4 is 5.32 Å². The van der Waals surface area contributed by atoms with E-state index in [4.69, 9.17) is 4.74 Å². The first-order chi connectivity index (χ1) is 7.68. The summed E-state index contributed by atoms with van der Waals surface area (Å²) in [6, 6.07) is 6.64. The lowest BCUT2D eigenvalue weighted by molar-refractivity contribution is -0.113. The van der Waals surface area contributed by atoms with Crippen molar-refractivity contribution in [3.63, 3.8) is 0 Å². The van der Waals surface area contributed by atoms with Crippen LogP contribution >= 0.6 is 0 Å². The number of carbonyl (C=O) groups excluding carboxylic acids is 1. The number of phenols is 1. The summed E-state index contributed by atoms with van der Waals surface area (Å²) in [5.41, 5.74) is 1.06. The zero-order chi connectivity index (χ0) is 11.5. The van der Waals surface area contributed by atoms with Gasteiger partial charge in [-0.2, -0.15) is 0 Å². The molecule has 1 aliphatic heterocycles. The third-order valence-corrected chi connectivity index (χ3v) is 2.52. The summed E-state index contributed by atoms with van der Waals surface area (Å²) in [5, 5.41) is 12.2. The summed E-state index contributed by atoms with van der Waals surface area (Å²) < 4.78 is 5.21. The van der Waals surface area contributed by atoms with Gasteiger partial charge in [0.1, 0.15) is 11.5 Å². The zero-order valence-electron chi connectivity index (χ0n) is 8.99. The van der Waals surface area contributed by atoms with Crippen molar-refractivity contribution < 1.29 is 14.6 Å². The zero-order valence-corrected chi connectivity index (χ0v) is 8.99. The number of phenolic OH excluding ortho intramolecular Hbond substituents is 1. The largest absolute Gasteiger partial charge is 0.506 e. The average Bonchev–Trinajstić information content (AvgIpc) is 2.68. The van der Waals surface area contributed by atoms with Crippen LogP contribution in [0.2, 0.25) is 0 Å². The topological polar surface area (TPSA) is 58.6 Å². The Balaban J connectivity index is 2.14. The van der Waals surface area contributed by atoms with E-state index in [1.165, 1.54) is 6.07 Å². The van der Waals surface area contributed by atoms with Crippen LogP contribution in [0.4, 0.5) is 5.69 Å². The minimum absolute atomic E-state index is 0.0630. The minimum Gasteiger partial charge on any atom is -0.506 e. The van der Waals surface area contributed by atoms with E-state index in [9.17, 15) is 9.90 Å². The molecule has 0 fully saturated rings. The minimum atomic E-state index is -0.212. The molecular formula is C12H13NO3. The van der Waals surface area contributed by atoms with Crippen molar-refractivity contribution in [1.29, 1.82) is 0 Å². The Morgan fingerprint density at radius 1 is 1.44 bits per heavy atom. The predicted molar refractivity (Wildman–Crippen MR) is 60.0 cm³/mol. The number of anilines is 1. The maximum atomic E-state index is 11.8. The number of benzene rings is 1. The molecule has 0 saturated heterocycles. The summed E-state index contributed by atoms with van der Waals surface area (Å²) in [5.74, 6) is 0.512. The summed E-state index contributed by atoms with van der Waals surface area (Å²) in [4.78, 5) is 11.8. The Bertz CT molecular complexity index is 451. The van der Waals surface area contributed by atoms with Crippen molar-refractivity contribution >= 4 is 11.6 Å². The normalized spacial score (nSPS) is 14.8. The number of para-hydroxylation sites is 2. The molecule has 16 heavy (non-hydrogen) atoms. The van der Waals surface area contributed by atoms with Crippen LogP contribution in [-0.2, 0) is 9.53 Å². The van der Waals surface area contributed by atoms with Crippen molar-refractivity contribution in [2.24, 2.45) is 0 Å². The highest BCUT2D eigenvalue weighted by Crippen LogP contribution is 2.24. The number of hydrogen-bond donors (Lipinski definition) is 2. The van der Waals surface area contributed by atoms with Gasteiger partial charge in [-0.1, -0.05) is 12.1 Å². The number of ether oxygens (including phenoxy) is 1. The number of nitrogens with one attached hydrogen (secondary N) is 1. The van der Waals surface area contributed by atoms with Crippen molar-refractivity contribution in [3.05, 3.63) is 35.6 Å². The second kappa shape index (κ2) is 4.26. The molecule has 1 amide bonds. The predicted octanol–water partition coefficient (Wildman–Crippen LogP) is 2.02. The van der Waals surface area contributed by atoms with Crippen molar-refractivity contribution in [2.45, 2.75) is 13.3 Å². The summed E-state index contributed by atoms with van der Waals surface area (Å²) in [6.07, 6.45) is 0.616. The van der Waals surface area contributed by atoms with Crippen molar-refractivity contribution in [1.82, 2.24) is 0 Å². The molecule has 0 radical (unpaired) electrons. The van der Waals surface area contributed by atoms with Gasteiger partial charge in [-0.05, 0) is 19.1 Å². The quantitative estimate of drug-likeness (QED) is 0.748. The first-order valence-electron chi connectivity index (χ1n) is 5.10. The molecule has 4 heteroatoms. The fourth-order valence-corrected chi connectivity index (χ4v) is 1.62. The van der Waals surface area contributed by atoms with Gasteiger partial charge >= 0.3 is 0 Å². The van der Waals surface area contributed by atoms with Crippen LogP contribution in [0.1, 0.15) is 13.3 Å². The number of hydrogen-bond acceptors (Lipinski definition) is 3. The maximum absolute atomic E-state index is 11.8. The second-order valence-corrected chi connectivity index (χ2v) is 3.60. The van der Waals surface area contributed by atoms with Crippen LogP contribution in [0.5, 0.6) is 5.75 Å². The molecule has 0 saturated carbocycles. The smallest absolute Gasteiger partial charge is 0.255 e. The van der Waals surface area contributed by atoms with Crippen LogP contribution in [-0.4, -0.2) is 17.6 Å². The van der Waals surface area contributed by atoms with Gasteiger partial charge in [0.15, 0.2) is 0 Å². The van der Waals surface area contributed by atoms with Crippen LogP contribution in [0.15, 0.2) is 35.6 Å². The first-order valence-corrected chi connectivity index (χ1v) is 5.10. The lowest BCUT2D eigenvalue weighted by atomic mass is 10.2. The Kier molecular flexibility index (Phi) is 2.81. The van der Waals surface area contributed by atoms with Gasteiger partial charge in [-0.3, -0.25) is 4.79 Å². The van der Waals surface area contributed by atoms with Gasteiger partial charge in [-0.15, -0.1) is 0 Å². The molecular weight excluding hydrogens is 206 g/mol.